The number of ether oxygens (including phenoxy) is 4. The molecule has 2 N–H and O–H groups in total. The number of rotatable bonds is 13. The van der Waals surface area contributed by atoms with E-state index in [1.54, 1.807) is 7.11 Å². The van der Waals surface area contributed by atoms with Crippen LogP contribution in [-0.2, 0) is 14.2 Å². The van der Waals surface area contributed by atoms with Crippen LogP contribution in [-0.4, -0.2) is 64.8 Å². The number of hydrogen-bond acceptors (Lipinski definition) is 5. The zero-order valence-corrected chi connectivity index (χ0v) is 20.9. The van der Waals surface area contributed by atoms with Gasteiger partial charge in [-0.3, -0.25) is 4.99 Å². The molecule has 0 amide bonds. The van der Waals surface area contributed by atoms with E-state index in [9.17, 15) is 0 Å². The van der Waals surface area contributed by atoms with E-state index < -0.39 is 0 Å². The Morgan fingerprint density at radius 2 is 2.00 bits per heavy atom. The maximum absolute atomic E-state index is 5.72. The van der Waals surface area contributed by atoms with Crippen LogP contribution < -0.4 is 15.4 Å². The minimum Gasteiger partial charge on any atom is -0.491 e. The lowest BCUT2D eigenvalue weighted by atomic mass is 10.2. The maximum atomic E-state index is 5.72. The molecule has 172 valence electrons. The van der Waals surface area contributed by atoms with Crippen LogP contribution >= 0.6 is 24.0 Å². The van der Waals surface area contributed by atoms with Crippen LogP contribution in [0.5, 0.6) is 5.75 Å². The lowest BCUT2D eigenvalue weighted by Crippen LogP contribution is -2.32. The second kappa shape index (κ2) is 16.6. The van der Waals surface area contributed by atoms with Crippen molar-refractivity contribution < 1.29 is 18.9 Å². The minimum atomic E-state index is 0. The van der Waals surface area contributed by atoms with Gasteiger partial charge in [-0.25, -0.2) is 0 Å². The van der Waals surface area contributed by atoms with Crippen molar-refractivity contribution in [2.75, 3.05) is 51.9 Å². The first-order valence-electron chi connectivity index (χ1n) is 10.7. The van der Waals surface area contributed by atoms with Crippen molar-refractivity contribution in [2.45, 2.75) is 51.7 Å². The highest BCUT2D eigenvalue weighted by molar-refractivity contribution is 14.0. The molecule has 1 saturated heterocycles. The van der Waals surface area contributed by atoms with Crippen molar-refractivity contribution in [1.82, 2.24) is 5.32 Å². The summed E-state index contributed by atoms with van der Waals surface area (Å²) >= 11 is 0. The van der Waals surface area contributed by atoms with E-state index in [2.05, 4.69) is 15.6 Å². The second-order valence-electron chi connectivity index (χ2n) is 7.38. The third-order valence-corrected chi connectivity index (χ3v) is 4.35. The standard InChI is InChI=1S/C22H37N3O4.HI/c1-18(2)29-20-10-8-19(9-11-20)25-22(23-12-5-14-26-3)24-13-6-15-27-17-21-7-4-16-28-21;/h8-11,18,21H,4-7,12-17H2,1-3H3,(H2,23,24,25);1H. The van der Waals surface area contributed by atoms with Crippen molar-refractivity contribution >= 4 is 35.6 Å². The third kappa shape index (κ3) is 11.9. The summed E-state index contributed by atoms with van der Waals surface area (Å²) in [5.74, 6) is 1.62. The normalized spacial score (nSPS) is 16.4. The van der Waals surface area contributed by atoms with Crippen LogP contribution in [0.2, 0.25) is 0 Å². The summed E-state index contributed by atoms with van der Waals surface area (Å²) in [5.41, 5.74) is 0.966. The largest absolute Gasteiger partial charge is 0.491 e. The fourth-order valence-electron chi connectivity index (χ4n) is 2.94. The Labute approximate surface area is 198 Å². The molecule has 7 nitrogen and oxygen atoms in total. The van der Waals surface area contributed by atoms with Crippen LogP contribution in [0.1, 0.15) is 39.5 Å². The molecule has 2 rings (SSSR count). The molecule has 0 aromatic heterocycles. The average Bonchev–Trinajstić information content (AvgIpc) is 3.22. The molecule has 0 bridgehead atoms. The summed E-state index contributed by atoms with van der Waals surface area (Å²) in [4.78, 5) is 4.63. The average molecular weight is 535 g/mol. The second-order valence-corrected chi connectivity index (χ2v) is 7.38. The molecule has 0 spiro atoms. The summed E-state index contributed by atoms with van der Waals surface area (Å²) < 4.78 is 22.1. The van der Waals surface area contributed by atoms with Gasteiger partial charge in [0.2, 0.25) is 0 Å². The Morgan fingerprint density at radius 1 is 1.20 bits per heavy atom. The number of methoxy groups -OCH3 is 1. The molecule has 1 aliphatic heterocycles. The monoisotopic (exact) mass is 535 g/mol. The van der Waals surface area contributed by atoms with Crippen LogP contribution in [0.4, 0.5) is 5.69 Å². The molecule has 8 heteroatoms. The van der Waals surface area contributed by atoms with Crippen molar-refractivity contribution in [3.05, 3.63) is 24.3 Å². The van der Waals surface area contributed by atoms with Gasteiger partial charge in [-0.1, -0.05) is 0 Å². The predicted octanol–water partition coefficient (Wildman–Crippen LogP) is 4.07. The first-order valence-corrected chi connectivity index (χ1v) is 10.7. The summed E-state index contributed by atoms with van der Waals surface area (Å²) in [6, 6.07) is 7.91. The Balaban J connectivity index is 0.00000450. The van der Waals surface area contributed by atoms with Gasteiger partial charge in [0.15, 0.2) is 5.96 Å². The predicted molar refractivity (Wildman–Crippen MR) is 132 cm³/mol. The topological polar surface area (TPSA) is 73.3 Å². The molecule has 1 heterocycles. The van der Waals surface area contributed by atoms with E-state index in [1.807, 2.05) is 38.1 Å². The van der Waals surface area contributed by atoms with Crippen LogP contribution in [0.3, 0.4) is 0 Å². The number of aliphatic imine (C=N–C) groups is 1. The van der Waals surface area contributed by atoms with E-state index in [0.29, 0.717) is 26.4 Å². The van der Waals surface area contributed by atoms with Crippen molar-refractivity contribution in [1.29, 1.82) is 0 Å². The highest BCUT2D eigenvalue weighted by Crippen LogP contribution is 2.17. The fraction of sp³-hybridized carbons (Fsp3) is 0.682. The van der Waals surface area contributed by atoms with E-state index >= 15 is 0 Å². The number of anilines is 1. The van der Waals surface area contributed by atoms with Gasteiger partial charge in [0.1, 0.15) is 5.75 Å². The van der Waals surface area contributed by atoms with Gasteiger partial charge in [-0.2, -0.15) is 0 Å². The molecule has 1 fully saturated rings. The Bertz CT molecular complexity index is 578. The molecule has 1 aliphatic rings. The lowest BCUT2D eigenvalue weighted by Gasteiger charge is -2.14. The van der Waals surface area contributed by atoms with Crippen LogP contribution in [0.15, 0.2) is 29.3 Å². The van der Waals surface area contributed by atoms with Crippen molar-refractivity contribution in [3.63, 3.8) is 0 Å². The van der Waals surface area contributed by atoms with Crippen molar-refractivity contribution in [2.24, 2.45) is 4.99 Å². The Morgan fingerprint density at radius 3 is 2.67 bits per heavy atom. The van der Waals surface area contributed by atoms with Gasteiger partial charge >= 0.3 is 0 Å². The van der Waals surface area contributed by atoms with Crippen molar-refractivity contribution in [3.8, 4) is 5.75 Å². The van der Waals surface area contributed by atoms with Gasteiger partial charge in [0.05, 0.1) is 18.8 Å². The number of guanidine groups is 1. The molecular formula is C22H38IN3O4. The molecule has 0 saturated carbocycles. The summed E-state index contributed by atoms with van der Waals surface area (Å²) in [6.45, 7) is 8.51. The highest BCUT2D eigenvalue weighted by atomic mass is 127. The molecule has 0 aliphatic carbocycles. The van der Waals surface area contributed by atoms with Gasteiger partial charge in [0.25, 0.3) is 0 Å². The van der Waals surface area contributed by atoms with Gasteiger partial charge in [0, 0.05) is 45.7 Å². The number of nitrogens with one attached hydrogen (secondary N) is 2. The quantitative estimate of drug-likeness (QED) is 0.172. The van der Waals surface area contributed by atoms with Gasteiger partial charge in [-0.15, -0.1) is 24.0 Å². The molecule has 1 aromatic carbocycles. The maximum Gasteiger partial charge on any atom is 0.195 e. The van der Waals surface area contributed by atoms with Crippen LogP contribution in [0, 0.1) is 0 Å². The number of nitrogens with zero attached hydrogens (tertiary/aromatic N) is 1. The van der Waals surface area contributed by atoms with E-state index in [1.165, 1.54) is 0 Å². The van der Waals surface area contributed by atoms with E-state index in [4.69, 9.17) is 18.9 Å². The number of benzene rings is 1. The number of halogens is 1. The van der Waals surface area contributed by atoms with E-state index in [-0.39, 0.29) is 36.2 Å². The Kier molecular flexibility index (Phi) is 14.9. The first-order chi connectivity index (χ1) is 14.2. The van der Waals surface area contributed by atoms with Gasteiger partial charge < -0.3 is 29.6 Å². The van der Waals surface area contributed by atoms with Crippen LogP contribution in [0.25, 0.3) is 0 Å². The van der Waals surface area contributed by atoms with Gasteiger partial charge in [-0.05, 0) is 63.8 Å². The molecule has 1 unspecified atom stereocenters. The molecule has 30 heavy (non-hydrogen) atoms. The summed E-state index contributed by atoms with van der Waals surface area (Å²) in [6.07, 6.45) is 4.50. The molecule has 1 atom stereocenters. The third-order valence-electron chi connectivity index (χ3n) is 4.35. The summed E-state index contributed by atoms with van der Waals surface area (Å²) in [7, 11) is 1.71. The van der Waals surface area contributed by atoms with E-state index in [0.717, 1.165) is 56.2 Å². The number of hydrogen-bond donors (Lipinski definition) is 2. The smallest absolute Gasteiger partial charge is 0.195 e. The molecular weight excluding hydrogens is 497 g/mol. The summed E-state index contributed by atoms with van der Waals surface area (Å²) in [5, 5.41) is 6.73. The SMILES string of the molecule is COCCCN=C(NCCCOCC1CCCO1)Nc1ccc(OC(C)C)cc1.I. The lowest BCUT2D eigenvalue weighted by molar-refractivity contribution is 0.0168. The first kappa shape index (κ1) is 26.9. The molecule has 0 radical (unpaired) electrons. The zero-order valence-electron chi connectivity index (χ0n) is 18.5. The highest BCUT2D eigenvalue weighted by Gasteiger charge is 2.14. The Hall–Kier alpha value is -1.10. The zero-order chi connectivity index (χ0) is 20.7. The minimum absolute atomic E-state index is 0. The fourth-order valence-corrected chi connectivity index (χ4v) is 2.94. The molecule has 1 aromatic rings.